The monoisotopic (exact) mass is 540 g/mol. The van der Waals surface area contributed by atoms with Gasteiger partial charge in [-0.1, -0.05) is 98.6 Å². The molecule has 0 saturated carbocycles. The average Bonchev–Trinajstić information content (AvgIpc) is 2.89. The van der Waals surface area contributed by atoms with Crippen molar-refractivity contribution < 1.29 is 14.3 Å². The zero-order valence-electron chi connectivity index (χ0n) is 21.5. The zero-order valence-corrected chi connectivity index (χ0v) is 23.1. The van der Waals surface area contributed by atoms with E-state index in [-0.39, 0.29) is 30.9 Å². The van der Waals surface area contributed by atoms with Gasteiger partial charge in [0.05, 0.1) is 0 Å². The summed E-state index contributed by atoms with van der Waals surface area (Å²) in [7, 11) is 0. The number of hydrogen-bond acceptors (Lipinski definition) is 3. The van der Waals surface area contributed by atoms with Crippen LogP contribution in [0.5, 0.6) is 5.75 Å². The van der Waals surface area contributed by atoms with Gasteiger partial charge in [0.15, 0.2) is 6.61 Å². The third-order valence-electron chi connectivity index (χ3n) is 6.07. The lowest BCUT2D eigenvalue weighted by atomic mass is 10.0. The number of halogens is 2. The lowest BCUT2D eigenvalue weighted by molar-refractivity contribution is -0.142. The van der Waals surface area contributed by atoms with E-state index in [1.54, 1.807) is 23.1 Å². The van der Waals surface area contributed by atoms with Crippen LogP contribution in [-0.4, -0.2) is 35.9 Å². The number of rotatable bonds is 12. The van der Waals surface area contributed by atoms with Crippen LogP contribution in [-0.2, 0) is 22.6 Å². The Labute approximate surface area is 229 Å². The first-order valence-electron chi connectivity index (χ1n) is 12.6. The fourth-order valence-corrected chi connectivity index (χ4v) is 4.53. The van der Waals surface area contributed by atoms with Crippen molar-refractivity contribution in [2.75, 3.05) is 13.2 Å². The van der Waals surface area contributed by atoms with Crippen LogP contribution in [0.25, 0.3) is 0 Å². The number of ether oxygens (including phenoxy) is 1. The van der Waals surface area contributed by atoms with Gasteiger partial charge in [0, 0.05) is 29.6 Å². The van der Waals surface area contributed by atoms with E-state index in [1.807, 2.05) is 61.5 Å². The summed E-state index contributed by atoms with van der Waals surface area (Å²) in [6.07, 6.45) is 1.14. The van der Waals surface area contributed by atoms with Crippen LogP contribution in [0.3, 0.4) is 0 Å². The molecule has 0 aliphatic heterocycles. The molecule has 0 bridgehead atoms. The molecule has 2 amide bonds. The van der Waals surface area contributed by atoms with Crippen molar-refractivity contribution in [3.63, 3.8) is 0 Å². The van der Waals surface area contributed by atoms with Crippen LogP contribution in [0, 0.1) is 0 Å². The molecule has 0 spiro atoms. The summed E-state index contributed by atoms with van der Waals surface area (Å²) in [5.74, 6) is 0.371. The van der Waals surface area contributed by atoms with Gasteiger partial charge in [-0.05, 0) is 47.2 Å². The number of amides is 2. The predicted octanol–water partition coefficient (Wildman–Crippen LogP) is 6.66. The highest BCUT2D eigenvalue weighted by Gasteiger charge is 2.31. The fourth-order valence-electron chi connectivity index (χ4n) is 4.06. The van der Waals surface area contributed by atoms with Crippen LogP contribution in [0.2, 0.25) is 10.0 Å². The Morgan fingerprint density at radius 1 is 0.973 bits per heavy atom. The molecule has 0 aliphatic rings. The van der Waals surface area contributed by atoms with Crippen LogP contribution >= 0.6 is 23.2 Å². The molecule has 0 saturated heterocycles. The smallest absolute Gasteiger partial charge is 0.261 e. The first-order valence-corrected chi connectivity index (χ1v) is 13.3. The number of para-hydroxylation sites is 1. The van der Waals surface area contributed by atoms with Crippen LogP contribution < -0.4 is 10.1 Å². The van der Waals surface area contributed by atoms with Gasteiger partial charge in [-0.25, -0.2) is 0 Å². The van der Waals surface area contributed by atoms with E-state index < -0.39 is 6.04 Å². The van der Waals surface area contributed by atoms with E-state index in [4.69, 9.17) is 27.9 Å². The van der Waals surface area contributed by atoms with E-state index in [0.29, 0.717) is 34.3 Å². The maximum absolute atomic E-state index is 13.7. The van der Waals surface area contributed by atoms with E-state index in [2.05, 4.69) is 19.2 Å². The Morgan fingerprint density at radius 3 is 2.35 bits per heavy atom. The molecule has 0 unspecified atom stereocenters. The maximum Gasteiger partial charge on any atom is 0.261 e. The molecule has 0 aromatic heterocycles. The van der Waals surface area contributed by atoms with E-state index >= 15 is 0 Å². The lowest BCUT2D eigenvalue weighted by Crippen LogP contribution is -2.51. The predicted molar refractivity (Wildman–Crippen MR) is 150 cm³/mol. The third kappa shape index (κ3) is 8.24. The topological polar surface area (TPSA) is 58.6 Å². The summed E-state index contributed by atoms with van der Waals surface area (Å²) in [6.45, 7) is 6.59. The Bertz CT molecular complexity index is 1180. The summed E-state index contributed by atoms with van der Waals surface area (Å²) >= 11 is 12.6. The molecular weight excluding hydrogens is 507 g/mol. The Kier molecular flexibility index (Phi) is 10.8. The molecule has 3 aromatic carbocycles. The quantitative estimate of drug-likeness (QED) is 0.279. The summed E-state index contributed by atoms with van der Waals surface area (Å²) in [5.41, 5.74) is 2.66. The van der Waals surface area contributed by atoms with Gasteiger partial charge in [-0.3, -0.25) is 9.59 Å². The standard InChI is InChI=1S/C30H34Cl2N2O3/c1-4-16-33-30(36)27(17-22-10-6-5-7-11-22)34(19-23-14-15-24(31)18-26(23)32)29(35)20-37-28-13-9-8-12-25(28)21(2)3/h5-15,18,21,27H,4,16-17,19-20H2,1-3H3,(H,33,36)/t27-/m1/s1. The minimum Gasteiger partial charge on any atom is -0.483 e. The molecule has 7 heteroatoms. The number of carbonyl (C=O) groups excluding carboxylic acids is 2. The summed E-state index contributed by atoms with van der Waals surface area (Å²) in [5, 5.41) is 3.90. The van der Waals surface area contributed by atoms with E-state index in [0.717, 1.165) is 17.5 Å². The van der Waals surface area contributed by atoms with Crippen molar-refractivity contribution in [3.05, 3.63) is 99.5 Å². The van der Waals surface area contributed by atoms with Gasteiger partial charge in [0.1, 0.15) is 11.8 Å². The largest absolute Gasteiger partial charge is 0.483 e. The molecule has 1 N–H and O–H groups in total. The van der Waals surface area contributed by atoms with Crippen LogP contribution in [0.15, 0.2) is 72.8 Å². The fraction of sp³-hybridized carbons (Fsp3) is 0.333. The molecule has 0 radical (unpaired) electrons. The molecule has 37 heavy (non-hydrogen) atoms. The third-order valence-corrected chi connectivity index (χ3v) is 6.66. The second kappa shape index (κ2) is 14.1. The van der Waals surface area contributed by atoms with Crippen molar-refractivity contribution in [1.29, 1.82) is 0 Å². The van der Waals surface area contributed by atoms with Crippen molar-refractivity contribution in [2.24, 2.45) is 0 Å². The lowest BCUT2D eigenvalue weighted by Gasteiger charge is -2.32. The summed E-state index contributed by atoms with van der Waals surface area (Å²) < 4.78 is 6.01. The molecule has 0 fully saturated rings. The normalized spacial score (nSPS) is 11.7. The van der Waals surface area contributed by atoms with Crippen LogP contribution in [0.4, 0.5) is 0 Å². The first kappa shape index (κ1) is 28.5. The number of hydrogen-bond donors (Lipinski definition) is 1. The molecular formula is C30H34Cl2N2O3. The number of nitrogens with zero attached hydrogens (tertiary/aromatic N) is 1. The number of carbonyl (C=O) groups is 2. The zero-order chi connectivity index (χ0) is 26.8. The second-order valence-electron chi connectivity index (χ2n) is 9.24. The van der Waals surface area contributed by atoms with Gasteiger partial charge in [-0.15, -0.1) is 0 Å². The Morgan fingerprint density at radius 2 is 1.68 bits per heavy atom. The SMILES string of the molecule is CCCNC(=O)[C@@H](Cc1ccccc1)N(Cc1ccc(Cl)cc1Cl)C(=O)COc1ccccc1C(C)C. The first-order chi connectivity index (χ1) is 17.8. The molecule has 0 aliphatic carbocycles. The van der Waals surface area contributed by atoms with Gasteiger partial charge >= 0.3 is 0 Å². The van der Waals surface area contributed by atoms with E-state index in [1.165, 1.54) is 0 Å². The second-order valence-corrected chi connectivity index (χ2v) is 10.1. The molecule has 1 atom stereocenters. The van der Waals surface area contributed by atoms with Crippen molar-refractivity contribution in [3.8, 4) is 5.75 Å². The van der Waals surface area contributed by atoms with Crippen molar-refractivity contribution in [2.45, 2.75) is 52.1 Å². The Balaban J connectivity index is 1.94. The Hall–Kier alpha value is -3.02. The molecule has 3 rings (SSSR count). The van der Waals surface area contributed by atoms with Crippen molar-refractivity contribution in [1.82, 2.24) is 10.2 Å². The van der Waals surface area contributed by atoms with Gasteiger partial charge < -0.3 is 15.0 Å². The molecule has 196 valence electrons. The number of nitrogens with one attached hydrogen (secondary N) is 1. The molecule has 3 aromatic rings. The highest BCUT2D eigenvalue weighted by atomic mass is 35.5. The minimum atomic E-state index is -0.753. The van der Waals surface area contributed by atoms with Gasteiger partial charge in [0.25, 0.3) is 5.91 Å². The van der Waals surface area contributed by atoms with Gasteiger partial charge in [-0.2, -0.15) is 0 Å². The molecule has 0 heterocycles. The average molecular weight is 542 g/mol. The number of benzene rings is 3. The maximum atomic E-state index is 13.7. The van der Waals surface area contributed by atoms with Crippen molar-refractivity contribution >= 4 is 35.0 Å². The highest BCUT2D eigenvalue weighted by molar-refractivity contribution is 6.35. The van der Waals surface area contributed by atoms with Crippen LogP contribution in [0.1, 0.15) is 49.8 Å². The van der Waals surface area contributed by atoms with Gasteiger partial charge in [0.2, 0.25) is 5.91 Å². The minimum absolute atomic E-state index is 0.140. The highest BCUT2D eigenvalue weighted by Crippen LogP contribution is 2.27. The molecule has 5 nitrogen and oxygen atoms in total. The summed E-state index contributed by atoms with van der Waals surface area (Å²) in [4.78, 5) is 28.7. The van der Waals surface area contributed by atoms with E-state index in [9.17, 15) is 9.59 Å². The summed E-state index contributed by atoms with van der Waals surface area (Å²) in [6, 6.07) is 21.7.